The normalized spacial score (nSPS) is 16.0. The highest BCUT2D eigenvalue weighted by molar-refractivity contribution is 5.96. The molecule has 1 fully saturated rings. The van der Waals surface area contributed by atoms with Gasteiger partial charge >= 0.3 is 0 Å². The van der Waals surface area contributed by atoms with E-state index >= 15 is 0 Å². The van der Waals surface area contributed by atoms with E-state index in [4.69, 9.17) is 9.47 Å². The average Bonchev–Trinajstić information content (AvgIpc) is 3.09. The van der Waals surface area contributed by atoms with Crippen molar-refractivity contribution in [2.75, 3.05) is 31.2 Å². The summed E-state index contributed by atoms with van der Waals surface area (Å²) >= 11 is 0. The van der Waals surface area contributed by atoms with E-state index in [9.17, 15) is 9.59 Å². The Bertz CT molecular complexity index is 864. The van der Waals surface area contributed by atoms with Crippen LogP contribution in [0.5, 0.6) is 11.5 Å². The molecular formula is C23H28N2O4. The molecule has 0 aromatic heterocycles. The summed E-state index contributed by atoms with van der Waals surface area (Å²) in [6.45, 7) is 7.88. The molecule has 0 saturated carbocycles. The Morgan fingerprint density at radius 3 is 2.45 bits per heavy atom. The maximum absolute atomic E-state index is 12.6. The number of carbonyl (C=O) groups excluding carboxylic acids is 2. The molecule has 1 saturated heterocycles. The number of amides is 2. The van der Waals surface area contributed by atoms with Crippen molar-refractivity contribution in [3.05, 3.63) is 53.6 Å². The highest BCUT2D eigenvalue weighted by Gasteiger charge is 2.30. The van der Waals surface area contributed by atoms with Crippen molar-refractivity contribution in [3.63, 3.8) is 0 Å². The molecule has 0 aliphatic carbocycles. The topological polar surface area (TPSA) is 67.9 Å². The summed E-state index contributed by atoms with van der Waals surface area (Å²) in [5.74, 6) is 1.18. The summed E-state index contributed by atoms with van der Waals surface area (Å²) < 4.78 is 11.1. The smallest absolute Gasteiger partial charge is 0.251 e. The molecule has 2 amide bonds. The van der Waals surface area contributed by atoms with E-state index < -0.39 is 0 Å². The van der Waals surface area contributed by atoms with Crippen LogP contribution in [0.4, 0.5) is 5.69 Å². The number of aryl methyl sites for hydroxylation is 1. The zero-order valence-corrected chi connectivity index (χ0v) is 17.2. The fourth-order valence-corrected chi connectivity index (χ4v) is 3.42. The summed E-state index contributed by atoms with van der Waals surface area (Å²) in [6, 6.07) is 13.1. The number of hydrogen-bond acceptors (Lipinski definition) is 4. The second kappa shape index (κ2) is 9.45. The first-order chi connectivity index (χ1) is 14.0. The Morgan fingerprint density at radius 1 is 1.07 bits per heavy atom. The van der Waals surface area contributed by atoms with Gasteiger partial charge in [0.25, 0.3) is 5.91 Å². The van der Waals surface area contributed by atoms with Crippen molar-refractivity contribution in [2.24, 2.45) is 5.92 Å². The molecule has 1 atom stereocenters. The first-order valence-corrected chi connectivity index (χ1v) is 10.1. The fourth-order valence-electron chi connectivity index (χ4n) is 3.42. The first kappa shape index (κ1) is 20.7. The van der Waals surface area contributed by atoms with E-state index in [-0.39, 0.29) is 17.7 Å². The molecule has 2 aromatic rings. The van der Waals surface area contributed by atoms with Crippen molar-refractivity contribution in [1.29, 1.82) is 0 Å². The van der Waals surface area contributed by atoms with Gasteiger partial charge in [-0.2, -0.15) is 0 Å². The molecule has 0 bridgehead atoms. The molecule has 1 aliphatic heterocycles. The van der Waals surface area contributed by atoms with Gasteiger partial charge in [-0.05, 0) is 51.1 Å². The van der Waals surface area contributed by atoms with Crippen LogP contribution in [0.1, 0.15) is 36.2 Å². The molecule has 1 aliphatic rings. The Labute approximate surface area is 171 Å². The summed E-state index contributed by atoms with van der Waals surface area (Å²) in [6.07, 6.45) is 0.432. The van der Waals surface area contributed by atoms with Gasteiger partial charge in [-0.3, -0.25) is 9.59 Å². The van der Waals surface area contributed by atoms with Crippen molar-refractivity contribution in [3.8, 4) is 11.5 Å². The van der Waals surface area contributed by atoms with Crippen LogP contribution in [0.2, 0.25) is 0 Å². The van der Waals surface area contributed by atoms with Gasteiger partial charge in [0.15, 0.2) is 11.5 Å². The first-order valence-electron chi connectivity index (χ1n) is 10.1. The molecule has 1 N–H and O–H groups in total. The molecule has 0 radical (unpaired) electrons. The zero-order valence-electron chi connectivity index (χ0n) is 17.2. The maximum atomic E-state index is 12.6. The number of benzene rings is 2. The van der Waals surface area contributed by atoms with E-state index in [1.807, 2.05) is 45.0 Å². The van der Waals surface area contributed by atoms with Gasteiger partial charge in [-0.25, -0.2) is 0 Å². The van der Waals surface area contributed by atoms with Crippen LogP contribution in [-0.4, -0.2) is 38.1 Å². The quantitative estimate of drug-likeness (QED) is 0.741. The molecule has 154 valence electrons. The van der Waals surface area contributed by atoms with E-state index in [1.54, 1.807) is 23.1 Å². The maximum Gasteiger partial charge on any atom is 0.251 e. The standard InChI is InChI=1S/C23H28N2O4/c1-4-28-20-11-8-18(13-21(20)29-5-2)23(27)24-14-17-12-22(26)25(15-17)19-9-6-16(3)7-10-19/h6-11,13,17H,4-5,12,14-15H2,1-3H3,(H,24,27). The summed E-state index contributed by atoms with van der Waals surface area (Å²) in [7, 11) is 0. The molecule has 6 nitrogen and oxygen atoms in total. The van der Waals surface area contributed by atoms with E-state index in [0.717, 1.165) is 11.3 Å². The highest BCUT2D eigenvalue weighted by atomic mass is 16.5. The lowest BCUT2D eigenvalue weighted by atomic mass is 10.1. The Balaban J connectivity index is 1.60. The van der Waals surface area contributed by atoms with Gasteiger partial charge in [0.1, 0.15) is 0 Å². The fraction of sp³-hybridized carbons (Fsp3) is 0.391. The highest BCUT2D eigenvalue weighted by Crippen LogP contribution is 2.29. The monoisotopic (exact) mass is 396 g/mol. The van der Waals surface area contributed by atoms with Crippen molar-refractivity contribution in [2.45, 2.75) is 27.2 Å². The zero-order chi connectivity index (χ0) is 20.8. The van der Waals surface area contributed by atoms with Crippen LogP contribution in [0.15, 0.2) is 42.5 Å². The molecule has 3 rings (SSSR count). The Hall–Kier alpha value is -3.02. The van der Waals surface area contributed by atoms with Gasteiger partial charge in [-0.1, -0.05) is 17.7 Å². The molecule has 1 heterocycles. The number of hydrogen-bond donors (Lipinski definition) is 1. The second-order valence-electron chi connectivity index (χ2n) is 7.15. The van der Waals surface area contributed by atoms with E-state index in [0.29, 0.717) is 49.8 Å². The molecule has 2 aromatic carbocycles. The third-order valence-corrected chi connectivity index (χ3v) is 4.91. The summed E-state index contributed by atoms with van der Waals surface area (Å²) in [4.78, 5) is 26.8. The largest absolute Gasteiger partial charge is 0.490 e. The van der Waals surface area contributed by atoms with Crippen LogP contribution < -0.4 is 19.7 Å². The van der Waals surface area contributed by atoms with E-state index in [2.05, 4.69) is 5.32 Å². The average molecular weight is 396 g/mol. The van der Waals surface area contributed by atoms with E-state index in [1.165, 1.54) is 0 Å². The Kier molecular flexibility index (Phi) is 6.75. The van der Waals surface area contributed by atoms with Crippen LogP contribution >= 0.6 is 0 Å². The number of carbonyl (C=O) groups is 2. The molecular weight excluding hydrogens is 368 g/mol. The van der Waals surface area contributed by atoms with Crippen molar-refractivity contribution < 1.29 is 19.1 Å². The van der Waals surface area contributed by atoms with Crippen LogP contribution in [0.25, 0.3) is 0 Å². The Morgan fingerprint density at radius 2 is 1.76 bits per heavy atom. The minimum Gasteiger partial charge on any atom is -0.490 e. The van der Waals surface area contributed by atoms with Gasteiger partial charge in [0.05, 0.1) is 13.2 Å². The van der Waals surface area contributed by atoms with Gasteiger partial charge in [0, 0.05) is 36.7 Å². The lowest BCUT2D eigenvalue weighted by Crippen LogP contribution is -2.31. The third kappa shape index (κ3) is 5.08. The molecule has 29 heavy (non-hydrogen) atoms. The SMILES string of the molecule is CCOc1ccc(C(=O)NCC2CC(=O)N(c3ccc(C)cc3)C2)cc1OCC. The minimum absolute atomic E-state index is 0.0850. The minimum atomic E-state index is -0.185. The molecule has 0 spiro atoms. The van der Waals surface area contributed by atoms with Gasteiger partial charge in [0.2, 0.25) is 5.91 Å². The van der Waals surface area contributed by atoms with Crippen molar-refractivity contribution >= 4 is 17.5 Å². The lowest BCUT2D eigenvalue weighted by Gasteiger charge is -2.17. The number of anilines is 1. The number of rotatable bonds is 8. The van der Waals surface area contributed by atoms with Crippen LogP contribution in [-0.2, 0) is 4.79 Å². The number of nitrogens with zero attached hydrogens (tertiary/aromatic N) is 1. The van der Waals surface area contributed by atoms with Crippen LogP contribution in [0.3, 0.4) is 0 Å². The number of nitrogens with one attached hydrogen (secondary N) is 1. The lowest BCUT2D eigenvalue weighted by molar-refractivity contribution is -0.117. The third-order valence-electron chi connectivity index (χ3n) is 4.91. The predicted molar refractivity (Wildman–Crippen MR) is 113 cm³/mol. The molecule has 1 unspecified atom stereocenters. The summed E-state index contributed by atoms with van der Waals surface area (Å²) in [5, 5.41) is 2.95. The second-order valence-corrected chi connectivity index (χ2v) is 7.15. The van der Waals surface area contributed by atoms with Gasteiger partial charge < -0.3 is 19.7 Å². The van der Waals surface area contributed by atoms with Crippen molar-refractivity contribution in [1.82, 2.24) is 5.32 Å². The predicted octanol–water partition coefficient (Wildman–Crippen LogP) is 3.58. The summed E-state index contributed by atoms with van der Waals surface area (Å²) in [5.41, 5.74) is 2.57. The van der Waals surface area contributed by atoms with Gasteiger partial charge in [-0.15, -0.1) is 0 Å². The molecule has 6 heteroatoms. The number of ether oxygens (including phenoxy) is 2. The van der Waals surface area contributed by atoms with Crippen LogP contribution in [0, 0.1) is 12.8 Å².